The highest BCUT2D eigenvalue weighted by Gasteiger charge is 2.69. The summed E-state index contributed by atoms with van der Waals surface area (Å²) in [6.45, 7) is 5.31. The third kappa shape index (κ3) is 1.09. The quantitative estimate of drug-likeness (QED) is 0.737. The monoisotopic (exact) mass is 250 g/mol. The van der Waals surface area contributed by atoms with Crippen molar-refractivity contribution in [1.82, 2.24) is 0 Å². The van der Waals surface area contributed by atoms with Crippen molar-refractivity contribution in [3.8, 4) is 0 Å². The minimum absolute atomic E-state index is 0.126. The number of fused-ring (bicyclic) bond motifs is 9. The van der Waals surface area contributed by atoms with E-state index in [-0.39, 0.29) is 18.6 Å². The van der Waals surface area contributed by atoms with Gasteiger partial charge in [-0.2, -0.15) is 0 Å². The summed E-state index contributed by atoms with van der Waals surface area (Å²) in [6, 6.07) is 0. The van der Waals surface area contributed by atoms with Crippen LogP contribution >= 0.6 is 0 Å². The van der Waals surface area contributed by atoms with E-state index in [0.717, 1.165) is 47.8 Å². The molecule has 0 spiro atoms. The Morgan fingerprint density at radius 2 is 1.56 bits per heavy atom. The first-order chi connectivity index (χ1) is 8.63. The second kappa shape index (κ2) is 3.52. The van der Waals surface area contributed by atoms with E-state index in [1.807, 2.05) is 0 Å². The molecule has 0 aliphatic heterocycles. The van der Waals surface area contributed by atoms with Crippen LogP contribution in [-0.4, -0.2) is 23.4 Å². The molecule has 0 radical (unpaired) electrons. The number of hydrogen-bond donors (Lipinski definition) is 2. The zero-order valence-electron chi connectivity index (χ0n) is 11.5. The van der Waals surface area contributed by atoms with E-state index in [0.29, 0.717) is 5.92 Å². The van der Waals surface area contributed by atoms with Crippen LogP contribution in [0.1, 0.15) is 33.1 Å². The van der Waals surface area contributed by atoms with E-state index in [1.54, 1.807) is 0 Å². The molecule has 4 fully saturated rings. The summed E-state index contributed by atoms with van der Waals surface area (Å²) >= 11 is 0. The van der Waals surface area contributed by atoms with Gasteiger partial charge in [-0.05, 0) is 66.6 Å². The van der Waals surface area contributed by atoms with E-state index < -0.39 is 0 Å². The van der Waals surface area contributed by atoms with E-state index in [9.17, 15) is 10.2 Å². The molecular formula is C16H26O2. The van der Waals surface area contributed by atoms with Crippen molar-refractivity contribution < 1.29 is 10.2 Å². The van der Waals surface area contributed by atoms with Gasteiger partial charge in [0.25, 0.3) is 0 Å². The third-order valence-corrected chi connectivity index (χ3v) is 7.81. The van der Waals surface area contributed by atoms with Crippen LogP contribution in [0.15, 0.2) is 0 Å². The lowest BCUT2D eigenvalue weighted by Crippen LogP contribution is -2.46. The SMILES string of the molecule is CC1C(C)C2CC1C1C3CC(C21)C(CO)(CO)C3. The molecule has 0 aromatic heterocycles. The maximum atomic E-state index is 9.79. The highest BCUT2D eigenvalue weighted by atomic mass is 16.3. The van der Waals surface area contributed by atoms with E-state index in [4.69, 9.17) is 0 Å². The van der Waals surface area contributed by atoms with Crippen LogP contribution in [0.5, 0.6) is 0 Å². The van der Waals surface area contributed by atoms with E-state index in [2.05, 4.69) is 13.8 Å². The third-order valence-electron chi connectivity index (χ3n) is 7.81. The van der Waals surface area contributed by atoms with Crippen molar-refractivity contribution in [1.29, 1.82) is 0 Å². The Hall–Kier alpha value is -0.0800. The summed E-state index contributed by atoms with van der Waals surface area (Å²) in [5.74, 6) is 6.83. The molecule has 18 heavy (non-hydrogen) atoms. The number of aliphatic hydroxyl groups is 2. The van der Waals surface area contributed by atoms with Gasteiger partial charge in [0, 0.05) is 5.41 Å². The van der Waals surface area contributed by atoms with Gasteiger partial charge in [0.15, 0.2) is 0 Å². The van der Waals surface area contributed by atoms with Crippen molar-refractivity contribution >= 4 is 0 Å². The molecule has 8 unspecified atom stereocenters. The van der Waals surface area contributed by atoms with E-state index >= 15 is 0 Å². The van der Waals surface area contributed by atoms with Crippen LogP contribution in [-0.2, 0) is 0 Å². The predicted octanol–water partition coefficient (Wildman–Crippen LogP) is 2.15. The highest BCUT2D eigenvalue weighted by Crippen LogP contribution is 2.73. The van der Waals surface area contributed by atoms with Crippen molar-refractivity contribution in [3.63, 3.8) is 0 Å². The largest absolute Gasteiger partial charge is 0.396 e. The zero-order chi connectivity index (χ0) is 12.7. The van der Waals surface area contributed by atoms with Gasteiger partial charge in [-0.25, -0.2) is 0 Å². The summed E-state index contributed by atoms with van der Waals surface area (Å²) in [4.78, 5) is 0. The fraction of sp³-hybridized carbons (Fsp3) is 1.00. The smallest absolute Gasteiger partial charge is 0.0512 e. The van der Waals surface area contributed by atoms with Crippen molar-refractivity contribution in [2.75, 3.05) is 13.2 Å². The van der Waals surface area contributed by atoms with Gasteiger partial charge in [0.2, 0.25) is 0 Å². The molecule has 4 rings (SSSR count). The molecule has 2 N–H and O–H groups in total. The van der Waals surface area contributed by atoms with Gasteiger partial charge >= 0.3 is 0 Å². The molecule has 4 aliphatic rings. The fourth-order valence-corrected chi connectivity index (χ4v) is 6.95. The van der Waals surface area contributed by atoms with Gasteiger partial charge in [0.05, 0.1) is 13.2 Å². The van der Waals surface area contributed by atoms with Crippen molar-refractivity contribution in [2.45, 2.75) is 33.1 Å². The lowest BCUT2D eigenvalue weighted by molar-refractivity contribution is -0.0581. The number of aliphatic hydroxyl groups excluding tert-OH is 2. The van der Waals surface area contributed by atoms with Crippen molar-refractivity contribution in [2.24, 2.45) is 52.8 Å². The van der Waals surface area contributed by atoms with Gasteiger partial charge < -0.3 is 10.2 Å². The summed E-state index contributed by atoms with van der Waals surface area (Å²) in [5, 5.41) is 19.6. The summed E-state index contributed by atoms with van der Waals surface area (Å²) < 4.78 is 0. The van der Waals surface area contributed by atoms with E-state index in [1.165, 1.54) is 12.8 Å². The Morgan fingerprint density at radius 1 is 0.944 bits per heavy atom. The molecule has 0 aromatic rings. The normalized spacial score (nSPS) is 59.3. The highest BCUT2D eigenvalue weighted by molar-refractivity contribution is 5.17. The molecule has 0 amide bonds. The average molecular weight is 250 g/mol. The minimum atomic E-state index is -0.126. The van der Waals surface area contributed by atoms with Crippen molar-refractivity contribution in [3.05, 3.63) is 0 Å². The average Bonchev–Trinajstić information content (AvgIpc) is 3.08. The molecule has 0 saturated heterocycles. The van der Waals surface area contributed by atoms with Gasteiger partial charge in [-0.1, -0.05) is 13.8 Å². The molecule has 4 bridgehead atoms. The van der Waals surface area contributed by atoms with Gasteiger partial charge in [-0.15, -0.1) is 0 Å². The molecule has 102 valence electrons. The zero-order valence-corrected chi connectivity index (χ0v) is 11.5. The molecule has 2 heteroatoms. The standard InChI is InChI=1S/C16H26O2/c1-8-9(2)12-4-11(8)14-10-3-13(15(12)14)16(5-10,6-17)7-18/h8-15,17-18H,3-7H2,1-2H3. The maximum Gasteiger partial charge on any atom is 0.0512 e. The molecule has 4 aliphatic carbocycles. The van der Waals surface area contributed by atoms with Crippen LogP contribution in [0.25, 0.3) is 0 Å². The van der Waals surface area contributed by atoms with Crippen LogP contribution in [0.4, 0.5) is 0 Å². The van der Waals surface area contributed by atoms with Crippen LogP contribution in [0, 0.1) is 52.8 Å². The Morgan fingerprint density at radius 3 is 2.17 bits per heavy atom. The van der Waals surface area contributed by atoms with Gasteiger partial charge in [0.1, 0.15) is 0 Å². The Balaban J connectivity index is 1.70. The topological polar surface area (TPSA) is 40.5 Å². The lowest BCUT2D eigenvalue weighted by Gasteiger charge is -2.48. The second-order valence-electron chi connectivity index (χ2n) is 7.92. The molecule has 0 aromatic carbocycles. The second-order valence-corrected chi connectivity index (χ2v) is 7.92. The van der Waals surface area contributed by atoms with Crippen LogP contribution in [0.3, 0.4) is 0 Å². The summed E-state index contributed by atoms with van der Waals surface area (Å²) in [7, 11) is 0. The summed E-state index contributed by atoms with van der Waals surface area (Å²) in [6.07, 6.45) is 3.83. The first kappa shape index (κ1) is 11.7. The predicted molar refractivity (Wildman–Crippen MR) is 69.7 cm³/mol. The number of hydrogen-bond acceptors (Lipinski definition) is 2. The van der Waals surface area contributed by atoms with Gasteiger partial charge in [-0.3, -0.25) is 0 Å². The number of rotatable bonds is 2. The Bertz CT molecular complexity index is 362. The molecule has 2 nitrogen and oxygen atoms in total. The van der Waals surface area contributed by atoms with Crippen LogP contribution < -0.4 is 0 Å². The first-order valence-corrected chi connectivity index (χ1v) is 7.84. The molecular weight excluding hydrogens is 224 g/mol. The summed E-state index contributed by atoms with van der Waals surface area (Å²) in [5.41, 5.74) is -0.126. The fourth-order valence-electron chi connectivity index (χ4n) is 6.95. The maximum absolute atomic E-state index is 9.79. The molecule has 0 heterocycles. The van der Waals surface area contributed by atoms with Crippen LogP contribution in [0.2, 0.25) is 0 Å². The Kier molecular flexibility index (Phi) is 2.29. The molecule has 8 atom stereocenters. The lowest BCUT2D eigenvalue weighted by atomic mass is 9.58. The minimum Gasteiger partial charge on any atom is -0.396 e. The molecule has 4 saturated carbocycles. The Labute approximate surface area is 110 Å². The first-order valence-electron chi connectivity index (χ1n) is 7.84.